The first-order valence-corrected chi connectivity index (χ1v) is 9.89. The van der Waals surface area contributed by atoms with E-state index >= 15 is 0 Å². The second-order valence-corrected chi connectivity index (χ2v) is 9.26. The lowest BCUT2D eigenvalue weighted by atomic mass is 9.48. The van der Waals surface area contributed by atoms with Crippen LogP contribution in [-0.2, 0) is 11.8 Å². The monoisotopic (exact) mass is 355 g/mol. The Kier molecular flexibility index (Phi) is 2.66. The number of nitrogens with zero attached hydrogens (tertiary/aromatic N) is 1. The summed E-state index contributed by atoms with van der Waals surface area (Å²) in [5.74, 6) is 1.49. The lowest BCUT2D eigenvalue weighted by molar-refractivity contribution is -0.924. The molecule has 0 radical (unpaired) electrons. The smallest absolute Gasteiger partial charge is 0.133 e. The van der Waals surface area contributed by atoms with Crippen LogP contribution < -0.4 is 4.74 Å². The second kappa shape index (κ2) is 4.46. The molecule has 0 amide bonds. The van der Waals surface area contributed by atoms with Crippen molar-refractivity contribution in [2.24, 2.45) is 5.92 Å². The van der Waals surface area contributed by atoms with Gasteiger partial charge in [-0.2, -0.15) is 0 Å². The summed E-state index contributed by atoms with van der Waals surface area (Å²) < 4.78 is 5.98. The summed E-state index contributed by atoms with van der Waals surface area (Å²) in [7, 11) is 0. The van der Waals surface area contributed by atoms with Crippen molar-refractivity contribution >= 4 is 0 Å². The number of piperidine rings is 1. The van der Waals surface area contributed by atoms with E-state index in [0.717, 1.165) is 35.3 Å². The molecular weight excluding hydrogens is 330 g/mol. The van der Waals surface area contributed by atoms with Crippen LogP contribution in [0.3, 0.4) is 0 Å². The predicted molar refractivity (Wildman–Crippen MR) is 95.7 cm³/mol. The van der Waals surface area contributed by atoms with Gasteiger partial charge in [0.15, 0.2) is 0 Å². The van der Waals surface area contributed by atoms with E-state index in [1.165, 1.54) is 0 Å². The quantitative estimate of drug-likeness (QED) is 0.486. The Morgan fingerprint density at radius 2 is 2.12 bits per heavy atom. The summed E-state index contributed by atoms with van der Waals surface area (Å²) in [6.45, 7) is 5.36. The zero-order valence-electron chi connectivity index (χ0n) is 14.9. The fourth-order valence-electron chi connectivity index (χ4n) is 6.68. The Labute approximate surface area is 153 Å². The van der Waals surface area contributed by atoms with Crippen LogP contribution in [0.25, 0.3) is 0 Å². The average Bonchev–Trinajstić information content (AvgIpc) is 3.33. The molecule has 5 heteroatoms. The van der Waals surface area contributed by atoms with Crippen molar-refractivity contribution in [2.45, 2.75) is 61.7 Å². The molecule has 3 fully saturated rings. The first-order valence-electron chi connectivity index (χ1n) is 9.89. The van der Waals surface area contributed by atoms with Crippen molar-refractivity contribution in [3.63, 3.8) is 0 Å². The molecule has 5 atom stereocenters. The molecule has 1 spiro atoms. The largest absolute Gasteiger partial charge is 0.632 e. The number of ether oxygens (including phenoxy) is 1. The Morgan fingerprint density at radius 3 is 2.88 bits per heavy atom. The molecule has 0 aromatic heterocycles. The Morgan fingerprint density at radius 1 is 1.31 bits per heavy atom. The molecule has 3 aliphatic carbocycles. The van der Waals surface area contributed by atoms with Gasteiger partial charge in [-0.05, 0) is 43.4 Å². The number of hydroxylamine groups is 3. The third kappa shape index (κ3) is 1.56. The summed E-state index contributed by atoms with van der Waals surface area (Å²) in [6.07, 6.45) is 4.28. The van der Waals surface area contributed by atoms with Crippen molar-refractivity contribution in [1.29, 1.82) is 0 Å². The third-order valence-corrected chi connectivity index (χ3v) is 8.02. The van der Waals surface area contributed by atoms with E-state index in [4.69, 9.17) is 4.74 Å². The molecule has 6 rings (SSSR count). The standard InChI is InChI=1S/C21H25NO4/c1-12-6-7-21(24)17-10-14-15(23)4-5-16-18(14)20(21,19(12)26-16)8-9-22(17,25)11-13-2-3-13/h4-5,13,17,19,23-24H,1-3,6-11H2/t17?,19?,20-,21?,22-/m0/s1. The molecule has 138 valence electrons. The molecular formula is C21H25NO4. The molecule has 2 heterocycles. The van der Waals surface area contributed by atoms with Crippen LogP contribution in [0, 0.1) is 11.1 Å². The first-order chi connectivity index (χ1) is 12.4. The van der Waals surface area contributed by atoms with E-state index in [2.05, 4.69) is 6.58 Å². The maximum Gasteiger partial charge on any atom is 0.133 e. The lowest BCUT2D eigenvalue weighted by Gasteiger charge is -2.67. The molecule has 5 nitrogen and oxygen atoms in total. The molecule has 2 bridgehead atoms. The molecule has 1 aromatic rings. The van der Waals surface area contributed by atoms with Gasteiger partial charge in [0.1, 0.15) is 29.2 Å². The molecule has 26 heavy (non-hydrogen) atoms. The number of benzene rings is 1. The molecule has 1 saturated heterocycles. The molecule has 5 aliphatic rings. The third-order valence-electron chi connectivity index (χ3n) is 8.02. The number of likely N-dealkylation sites (tertiary alicyclic amines) is 1. The number of phenolic OH excluding ortho intramolecular Hbond substituents is 1. The Hall–Kier alpha value is -1.56. The highest BCUT2D eigenvalue weighted by atomic mass is 16.6. The van der Waals surface area contributed by atoms with E-state index < -0.39 is 17.1 Å². The van der Waals surface area contributed by atoms with Crippen LogP contribution >= 0.6 is 0 Å². The molecule has 2 aliphatic heterocycles. The van der Waals surface area contributed by atoms with Crippen LogP contribution in [0.1, 0.15) is 43.2 Å². The van der Waals surface area contributed by atoms with Gasteiger partial charge in [-0.3, -0.25) is 0 Å². The van der Waals surface area contributed by atoms with Gasteiger partial charge < -0.3 is 24.8 Å². The number of quaternary nitrogens is 1. The topological polar surface area (TPSA) is 72.8 Å². The average molecular weight is 355 g/mol. The normalized spacial score (nSPS) is 45.2. The Balaban J connectivity index is 1.61. The number of aromatic hydroxyl groups is 1. The minimum Gasteiger partial charge on any atom is -0.632 e. The molecule has 1 aromatic carbocycles. The van der Waals surface area contributed by atoms with Crippen LogP contribution in [0.4, 0.5) is 0 Å². The van der Waals surface area contributed by atoms with E-state index in [1.54, 1.807) is 6.07 Å². The van der Waals surface area contributed by atoms with Crippen molar-refractivity contribution in [1.82, 2.24) is 0 Å². The zero-order valence-corrected chi connectivity index (χ0v) is 14.9. The number of hydrogen-bond acceptors (Lipinski definition) is 4. The number of rotatable bonds is 2. The van der Waals surface area contributed by atoms with Gasteiger partial charge in [-0.15, -0.1) is 0 Å². The molecule has 3 unspecified atom stereocenters. The van der Waals surface area contributed by atoms with Gasteiger partial charge >= 0.3 is 0 Å². The fraction of sp³-hybridized carbons (Fsp3) is 0.619. The van der Waals surface area contributed by atoms with Gasteiger partial charge in [0, 0.05) is 29.9 Å². The van der Waals surface area contributed by atoms with E-state index in [1.807, 2.05) is 6.07 Å². The Bertz CT molecular complexity index is 849. The van der Waals surface area contributed by atoms with Crippen molar-refractivity contribution in [3.05, 3.63) is 40.6 Å². The number of aliphatic hydroxyl groups is 1. The van der Waals surface area contributed by atoms with Crippen molar-refractivity contribution < 1.29 is 19.6 Å². The minimum atomic E-state index is -1.08. The van der Waals surface area contributed by atoms with Crippen LogP contribution in [-0.4, -0.2) is 45.7 Å². The molecule has 2 saturated carbocycles. The van der Waals surface area contributed by atoms with Gasteiger partial charge in [0.05, 0.1) is 18.5 Å². The summed E-state index contributed by atoms with van der Waals surface area (Å²) in [4.78, 5) is 0. The highest BCUT2D eigenvalue weighted by Gasteiger charge is 2.74. The summed E-state index contributed by atoms with van der Waals surface area (Å²) in [5, 5.41) is 36.6. The summed E-state index contributed by atoms with van der Waals surface area (Å²) in [6, 6.07) is 3.06. The van der Waals surface area contributed by atoms with Gasteiger partial charge in [-0.25, -0.2) is 0 Å². The van der Waals surface area contributed by atoms with Gasteiger partial charge in [0.2, 0.25) is 0 Å². The number of hydrogen-bond donors (Lipinski definition) is 2. The van der Waals surface area contributed by atoms with Crippen LogP contribution in [0.15, 0.2) is 24.3 Å². The lowest BCUT2D eigenvalue weighted by Crippen LogP contribution is -2.79. The number of phenols is 1. The zero-order chi connectivity index (χ0) is 17.9. The fourth-order valence-corrected chi connectivity index (χ4v) is 6.68. The highest BCUT2D eigenvalue weighted by Crippen LogP contribution is 2.66. The highest BCUT2D eigenvalue weighted by molar-refractivity contribution is 5.62. The van der Waals surface area contributed by atoms with E-state index in [-0.39, 0.29) is 16.5 Å². The van der Waals surface area contributed by atoms with Gasteiger partial charge in [-0.1, -0.05) is 6.58 Å². The summed E-state index contributed by atoms with van der Waals surface area (Å²) >= 11 is 0. The minimum absolute atomic E-state index is 0.232. The maximum atomic E-state index is 13.9. The van der Waals surface area contributed by atoms with E-state index in [0.29, 0.717) is 44.7 Å². The molecule has 2 N–H and O–H groups in total. The van der Waals surface area contributed by atoms with Crippen molar-refractivity contribution in [2.75, 3.05) is 13.1 Å². The SMILES string of the molecule is C=C1CCC2(O)C3Cc4c(O)ccc5c4[C@@]2(CC[N@+]3([O-])CC2CC2)C1O5. The maximum absolute atomic E-state index is 13.9. The second-order valence-electron chi connectivity index (χ2n) is 9.26. The van der Waals surface area contributed by atoms with Crippen LogP contribution in [0.5, 0.6) is 11.5 Å². The first kappa shape index (κ1) is 15.5. The summed E-state index contributed by atoms with van der Waals surface area (Å²) in [5.41, 5.74) is 1.08. The van der Waals surface area contributed by atoms with Crippen molar-refractivity contribution in [3.8, 4) is 11.5 Å². The predicted octanol–water partition coefficient (Wildman–Crippen LogP) is 2.53. The van der Waals surface area contributed by atoms with E-state index in [9.17, 15) is 15.4 Å². The van der Waals surface area contributed by atoms with Gasteiger partial charge in [0.25, 0.3) is 0 Å². The van der Waals surface area contributed by atoms with Crippen LogP contribution in [0.2, 0.25) is 0 Å².